The molecule has 0 amide bonds. The van der Waals surface area contributed by atoms with Crippen LogP contribution in [0.4, 0.5) is 0 Å². The Labute approximate surface area is 181 Å². The first-order valence-electron chi connectivity index (χ1n) is 13.0. The summed E-state index contributed by atoms with van der Waals surface area (Å²) in [5.41, 5.74) is -0.240. The standard InChI is InChI=1S/C27H38O3/c1-26(2,3)30-25(28)19-13-16-12-18(19)21-23(16)27(17-7-5-4-6-8-17)22-15-10-9-14(11-15)20(22)24(21)29-27/h9-10,14-24H,4-8,11-13H2,1-3H3. The van der Waals surface area contributed by atoms with Crippen molar-refractivity contribution in [2.75, 3.05) is 0 Å². The van der Waals surface area contributed by atoms with Gasteiger partial charge in [0, 0.05) is 5.92 Å². The van der Waals surface area contributed by atoms with Crippen molar-refractivity contribution in [3.63, 3.8) is 0 Å². The lowest BCUT2D eigenvalue weighted by Crippen LogP contribution is -2.57. The number of carbonyl (C=O) groups excluding carboxylic acids is 1. The van der Waals surface area contributed by atoms with Crippen molar-refractivity contribution in [2.45, 2.75) is 89.4 Å². The van der Waals surface area contributed by atoms with Crippen molar-refractivity contribution in [1.82, 2.24) is 0 Å². The van der Waals surface area contributed by atoms with Crippen LogP contribution in [-0.4, -0.2) is 23.3 Å². The maximum absolute atomic E-state index is 13.1. The van der Waals surface area contributed by atoms with Gasteiger partial charge in [-0.05, 0) is 100 Å². The van der Waals surface area contributed by atoms with Gasteiger partial charge in [0.05, 0.1) is 17.6 Å². The molecule has 0 aromatic carbocycles. The zero-order chi connectivity index (χ0) is 20.4. The molecule has 3 heteroatoms. The van der Waals surface area contributed by atoms with Gasteiger partial charge < -0.3 is 9.47 Å². The number of allylic oxidation sites excluding steroid dienone is 2. The molecule has 6 bridgehead atoms. The zero-order valence-electron chi connectivity index (χ0n) is 18.9. The summed E-state index contributed by atoms with van der Waals surface area (Å²) in [6, 6.07) is 0. The van der Waals surface area contributed by atoms with Gasteiger partial charge in [0.25, 0.3) is 0 Å². The van der Waals surface area contributed by atoms with Crippen molar-refractivity contribution in [3.8, 4) is 0 Å². The quantitative estimate of drug-likeness (QED) is 0.452. The zero-order valence-corrected chi connectivity index (χ0v) is 18.9. The molecular weight excluding hydrogens is 372 g/mol. The molecule has 30 heavy (non-hydrogen) atoms. The predicted octanol–water partition coefficient (Wildman–Crippen LogP) is 5.39. The average molecular weight is 411 g/mol. The summed E-state index contributed by atoms with van der Waals surface area (Å²) in [6.45, 7) is 6.02. The van der Waals surface area contributed by atoms with Gasteiger partial charge in [-0.2, -0.15) is 0 Å². The lowest BCUT2D eigenvalue weighted by molar-refractivity contribution is -0.164. The third-order valence-corrected chi connectivity index (χ3v) is 10.7. The lowest BCUT2D eigenvalue weighted by atomic mass is 9.50. The number of fused-ring (bicyclic) bond motifs is 16. The van der Waals surface area contributed by atoms with Crippen LogP contribution in [-0.2, 0) is 14.3 Å². The molecular formula is C27H38O3. The molecule has 0 spiro atoms. The Balaban J connectivity index is 1.26. The first-order valence-corrected chi connectivity index (χ1v) is 13.0. The molecule has 6 fully saturated rings. The molecule has 3 nitrogen and oxygen atoms in total. The van der Waals surface area contributed by atoms with Gasteiger partial charge in [-0.15, -0.1) is 0 Å². The number of hydrogen-bond donors (Lipinski definition) is 0. The summed E-state index contributed by atoms with van der Waals surface area (Å²) in [6.07, 6.45) is 16.2. The summed E-state index contributed by atoms with van der Waals surface area (Å²) >= 11 is 0. The van der Waals surface area contributed by atoms with Gasteiger partial charge in [0.2, 0.25) is 0 Å². The Bertz CT molecular complexity index is 788. The lowest BCUT2D eigenvalue weighted by Gasteiger charge is -2.52. The van der Waals surface area contributed by atoms with Crippen LogP contribution >= 0.6 is 0 Å². The Kier molecular flexibility index (Phi) is 3.71. The van der Waals surface area contributed by atoms with Crippen LogP contribution in [0.3, 0.4) is 0 Å². The number of hydrogen-bond acceptors (Lipinski definition) is 3. The fraction of sp³-hybridized carbons (Fsp3) is 0.889. The average Bonchev–Trinajstić information content (AvgIpc) is 3.53. The molecule has 5 aliphatic carbocycles. The van der Waals surface area contributed by atoms with Crippen LogP contribution in [0.25, 0.3) is 0 Å². The minimum atomic E-state index is -0.382. The second-order valence-electron chi connectivity index (χ2n) is 13.0. The molecule has 2 heterocycles. The van der Waals surface area contributed by atoms with Gasteiger partial charge >= 0.3 is 5.97 Å². The van der Waals surface area contributed by atoms with E-state index in [4.69, 9.17) is 9.47 Å². The normalized spacial score (nSPS) is 55.3. The second kappa shape index (κ2) is 5.94. The summed E-state index contributed by atoms with van der Waals surface area (Å²) in [5.74, 6) is 6.54. The van der Waals surface area contributed by atoms with E-state index in [9.17, 15) is 4.79 Å². The van der Waals surface area contributed by atoms with E-state index in [0.717, 1.165) is 41.9 Å². The molecule has 0 aromatic heterocycles. The molecule has 7 rings (SSSR count). The van der Waals surface area contributed by atoms with E-state index >= 15 is 0 Å². The highest BCUT2D eigenvalue weighted by atomic mass is 16.6. The van der Waals surface area contributed by atoms with Crippen molar-refractivity contribution in [1.29, 1.82) is 0 Å². The third-order valence-electron chi connectivity index (χ3n) is 10.7. The largest absolute Gasteiger partial charge is 0.460 e. The number of rotatable bonds is 2. The molecule has 7 aliphatic rings. The van der Waals surface area contributed by atoms with Crippen LogP contribution in [0.15, 0.2) is 12.2 Å². The van der Waals surface area contributed by atoms with E-state index in [2.05, 4.69) is 12.2 Å². The van der Waals surface area contributed by atoms with Gasteiger partial charge in [-0.3, -0.25) is 4.79 Å². The maximum Gasteiger partial charge on any atom is 0.309 e. The van der Waals surface area contributed by atoms with E-state index < -0.39 is 0 Å². The molecule has 164 valence electrons. The highest BCUT2D eigenvalue weighted by Crippen LogP contribution is 2.77. The summed E-state index contributed by atoms with van der Waals surface area (Å²) in [4.78, 5) is 13.1. The monoisotopic (exact) mass is 410 g/mol. The fourth-order valence-corrected chi connectivity index (χ4v) is 10.3. The van der Waals surface area contributed by atoms with E-state index in [-0.39, 0.29) is 23.1 Å². The van der Waals surface area contributed by atoms with Gasteiger partial charge in [0.1, 0.15) is 5.60 Å². The first-order chi connectivity index (χ1) is 14.4. The molecule has 4 saturated carbocycles. The molecule has 2 saturated heterocycles. The molecule has 11 unspecified atom stereocenters. The highest BCUT2D eigenvalue weighted by molar-refractivity contribution is 5.74. The van der Waals surface area contributed by atoms with Gasteiger partial charge in [-0.1, -0.05) is 31.4 Å². The Morgan fingerprint density at radius 3 is 2.50 bits per heavy atom. The minimum Gasteiger partial charge on any atom is -0.460 e. The van der Waals surface area contributed by atoms with Crippen LogP contribution in [0.5, 0.6) is 0 Å². The Hall–Kier alpha value is -0.830. The van der Waals surface area contributed by atoms with E-state index in [0.29, 0.717) is 23.9 Å². The number of ether oxygens (including phenoxy) is 2. The van der Waals surface area contributed by atoms with E-state index in [1.165, 1.54) is 44.9 Å². The topological polar surface area (TPSA) is 35.5 Å². The van der Waals surface area contributed by atoms with Gasteiger partial charge in [-0.25, -0.2) is 0 Å². The van der Waals surface area contributed by atoms with Crippen molar-refractivity contribution in [2.24, 2.45) is 59.2 Å². The van der Waals surface area contributed by atoms with Crippen molar-refractivity contribution in [3.05, 3.63) is 12.2 Å². The summed E-state index contributed by atoms with van der Waals surface area (Å²) in [7, 11) is 0. The van der Waals surface area contributed by atoms with Crippen LogP contribution in [0.2, 0.25) is 0 Å². The van der Waals surface area contributed by atoms with Crippen LogP contribution < -0.4 is 0 Å². The summed E-state index contributed by atoms with van der Waals surface area (Å²) < 4.78 is 13.2. The first kappa shape index (κ1) is 18.7. The molecule has 2 aliphatic heterocycles. The van der Waals surface area contributed by atoms with Gasteiger partial charge in [0.15, 0.2) is 0 Å². The molecule has 11 atom stereocenters. The predicted molar refractivity (Wildman–Crippen MR) is 114 cm³/mol. The SMILES string of the molecule is CC(C)(C)OC(=O)C1CC2CC1C1C3OC(C4CCCCC4)(C4C5C=CC(C5)C34)C21. The summed E-state index contributed by atoms with van der Waals surface area (Å²) in [5, 5.41) is 0. The van der Waals surface area contributed by atoms with Crippen molar-refractivity contribution < 1.29 is 14.3 Å². The highest BCUT2D eigenvalue weighted by Gasteiger charge is 2.80. The van der Waals surface area contributed by atoms with Crippen LogP contribution in [0, 0.1) is 59.2 Å². The maximum atomic E-state index is 13.1. The van der Waals surface area contributed by atoms with E-state index in [1.54, 1.807) is 0 Å². The Morgan fingerprint density at radius 1 is 0.967 bits per heavy atom. The fourth-order valence-electron chi connectivity index (χ4n) is 10.3. The van der Waals surface area contributed by atoms with E-state index in [1.807, 2.05) is 20.8 Å². The van der Waals surface area contributed by atoms with Crippen molar-refractivity contribution >= 4 is 5.97 Å². The number of carbonyl (C=O) groups is 1. The van der Waals surface area contributed by atoms with Crippen LogP contribution in [0.1, 0.15) is 72.1 Å². The number of esters is 1. The molecule has 0 aromatic rings. The molecule has 0 radical (unpaired) electrons. The molecule has 0 N–H and O–H groups in total. The third kappa shape index (κ3) is 2.19. The smallest absolute Gasteiger partial charge is 0.309 e. The Morgan fingerprint density at radius 2 is 1.73 bits per heavy atom. The second-order valence-corrected chi connectivity index (χ2v) is 13.0. The minimum absolute atomic E-state index is 0.0762.